The van der Waals surface area contributed by atoms with E-state index in [0.29, 0.717) is 12.8 Å². The quantitative estimate of drug-likeness (QED) is 0.841. The normalized spacial score (nSPS) is 13.4. The van der Waals surface area contributed by atoms with Crippen molar-refractivity contribution in [1.82, 2.24) is 0 Å². The fraction of sp³-hybridized carbons (Fsp3) is 0.500. The molecule has 0 aliphatic heterocycles. The molecule has 1 rings (SSSR count). The number of hydrogen-bond acceptors (Lipinski definition) is 3. The lowest BCUT2D eigenvalue weighted by molar-refractivity contribution is -0.121. The molecule has 0 saturated carbocycles. The van der Waals surface area contributed by atoms with Crippen LogP contribution in [-0.2, 0) is 11.2 Å². The van der Waals surface area contributed by atoms with Gasteiger partial charge in [-0.2, -0.15) is 0 Å². The van der Waals surface area contributed by atoms with Gasteiger partial charge in [-0.15, -0.1) is 0 Å². The molecule has 0 amide bonds. The molecular formula is C14H21NO2. The maximum Gasteiger partial charge on any atom is 0.150 e. The Hall–Kier alpha value is -1.35. The average molecular weight is 235 g/mol. The first-order chi connectivity index (χ1) is 7.78. The van der Waals surface area contributed by atoms with Crippen LogP contribution >= 0.6 is 0 Å². The van der Waals surface area contributed by atoms with E-state index in [9.17, 15) is 4.79 Å². The predicted molar refractivity (Wildman–Crippen MR) is 68.9 cm³/mol. The molecule has 0 aromatic heterocycles. The third kappa shape index (κ3) is 5.00. The lowest BCUT2D eigenvalue weighted by atomic mass is 9.87. The minimum absolute atomic E-state index is 0.0241. The van der Waals surface area contributed by atoms with Crippen LogP contribution in [0.25, 0.3) is 0 Å². The number of Topliss-reactive ketones (excluding diaryl/α,β-unsaturated/α-hetero) is 1. The van der Waals surface area contributed by atoms with Crippen molar-refractivity contribution in [3.63, 3.8) is 0 Å². The van der Waals surface area contributed by atoms with Gasteiger partial charge in [0.2, 0.25) is 0 Å². The van der Waals surface area contributed by atoms with Gasteiger partial charge < -0.3 is 10.8 Å². The number of ketones is 1. The van der Waals surface area contributed by atoms with Gasteiger partial charge in [0.25, 0.3) is 0 Å². The van der Waals surface area contributed by atoms with E-state index in [2.05, 4.69) is 0 Å². The Balaban J connectivity index is 2.57. The van der Waals surface area contributed by atoms with Crippen LogP contribution in [0.1, 0.15) is 32.8 Å². The SMILES string of the molecule is CC(C)(C)CC(=O)[C@@H](N)Cc1ccc(O)cc1. The van der Waals surface area contributed by atoms with Crippen molar-refractivity contribution in [2.24, 2.45) is 11.1 Å². The fourth-order valence-corrected chi connectivity index (χ4v) is 1.65. The van der Waals surface area contributed by atoms with Crippen LogP contribution in [0.4, 0.5) is 0 Å². The number of nitrogens with two attached hydrogens (primary N) is 1. The Morgan fingerprint density at radius 3 is 2.29 bits per heavy atom. The second-order valence-electron chi connectivity index (χ2n) is 5.68. The molecule has 17 heavy (non-hydrogen) atoms. The first-order valence-electron chi connectivity index (χ1n) is 5.84. The Labute approximate surface area is 103 Å². The number of rotatable bonds is 4. The van der Waals surface area contributed by atoms with Crippen LogP contribution in [0.5, 0.6) is 5.75 Å². The lowest BCUT2D eigenvalue weighted by Crippen LogP contribution is -2.35. The molecule has 3 heteroatoms. The van der Waals surface area contributed by atoms with E-state index in [-0.39, 0.29) is 16.9 Å². The van der Waals surface area contributed by atoms with Crippen LogP contribution in [0.2, 0.25) is 0 Å². The third-order valence-corrected chi connectivity index (χ3v) is 2.51. The number of phenolic OH excluding ortho intramolecular Hbond substituents is 1. The average Bonchev–Trinajstić information content (AvgIpc) is 2.19. The Morgan fingerprint density at radius 2 is 1.82 bits per heavy atom. The van der Waals surface area contributed by atoms with Crippen molar-refractivity contribution in [3.8, 4) is 5.75 Å². The van der Waals surface area contributed by atoms with Gasteiger partial charge in [0.15, 0.2) is 0 Å². The van der Waals surface area contributed by atoms with Crippen molar-refractivity contribution in [2.75, 3.05) is 0 Å². The highest BCUT2D eigenvalue weighted by Crippen LogP contribution is 2.20. The van der Waals surface area contributed by atoms with Gasteiger partial charge >= 0.3 is 0 Å². The molecule has 3 nitrogen and oxygen atoms in total. The highest BCUT2D eigenvalue weighted by Gasteiger charge is 2.21. The number of carbonyl (C=O) groups is 1. The molecule has 3 N–H and O–H groups in total. The summed E-state index contributed by atoms with van der Waals surface area (Å²) in [7, 11) is 0. The van der Waals surface area contributed by atoms with Crippen LogP contribution in [-0.4, -0.2) is 16.9 Å². The molecule has 0 unspecified atom stereocenters. The molecule has 0 saturated heterocycles. The van der Waals surface area contributed by atoms with Crippen molar-refractivity contribution in [2.45, 2.75) is 39.7 Å². The zero-order valence-corrected chi connectivity index (χ0v) is 10.7. The van der Waals surface area contributed by atoms with Crippen molar-refractivity contribution in [1.29, 1.82) is 0 Å². The van der Waals surface area contributed by atoms with Crippen molar-refractivity contribution in [3.05, 3.63) is 29.8 Å². The third-order valence-electron chi connectivity index (χ3n) is 2.51. The summed E-state index contributed by atoms with van der Waals surface area (Å²) in [5.74, 6) is 0.314. The summed E-state index contributed by atoms with van der Waals surface area (Å²) < 4.78 is 0. The van der Waals surface area contributed by atoms with E-state index in [1.165, 1.54) is 0 Å². The standard InChI is InChI=1S/C14H21NO2/c1-14(2,3)9-13(17)12(15)8-10-4-6-11(16)7-5-10/h4-7,12,16H,8-9,15H2,1-3H3/t12-/m0/s1. The highest BCUT2D eigenvalue weighted by molar-refractivity contribution is 5.84. The first kappa shape index (κ1) is 13.7. The molecule has 0 spiro atoms. The molecular weight excluding hydrogens is 214 g/mol. The van der Waals surface area contributed by atoms with Crippen molar-refractivity contribution >= 4 is 5.78 Å². The maximum atomic E-state index is 11.9. The van der Waals surface area contributed by atoms with E-state index < -0.39 is 6.04 Å². The van der Waals surface area contributed by atoms with Crippen molar-refractivity contribution < 1.29 is 9.90 Å². The van der Waals surface area contributed by atoms with Gasteiger partial charge in [0.1, 0.15) is 11.5 Å². The first-order valence-corrected chi connectivity index (χ1v) is 5.84. The topological polar surface area (TPSA) is 63.3 Å². The zero-order chi connectivity index (χ0) is 13.1. The molecule has 0 fully saturated rings. The van der Waals surface area contributed by atoms with Crippen LogP contribution in [0.15, 0.2) is 24.3 Å². The highest BCUT2D eigenvalue weighted by atomic mass is 16.3. The smallest absolute Gasteiger partial charge is 0.150 e. The van der Waals surface area contributed by atoms with E-state index in [1.807, 2.05) is 20.8 Å². The molecule has 94 valence electrons. The van der Waals surface area contributed by atoms with Gasteiger partial charge in [0.05, 0.1) is 6.04 Å². The van der Waals surface area contributed by atoms with Gasteiger partial charge in [-0.25, -0.2) is 0 Å². The second-order valence-corrected chi connectivity index (χ2v) is 5.68. The lowest BCUT2D eigenvalue weighted by Gasteiger charge is -2.19. The summed E-state index contributed by atoms with van der Waals surface area (Å²) in [6.45, 7) is 6.08. The van der Waals surface area contributed by atoms with Crippen LogP contribution < -0.4 is 5.73 Å². The number of hydrogen-bond donors (Lipinski definition) is 2. The molecule has 0 aliphatic carbocycles. The van der Waals surface area contributed by atoms with Gasteiger partial charge in [-0.1, -0.05) is 32.9 Å². The summed E-state index contributed by atoms with van der Waals surface area (Å²) in [6.07, 6.45) is 1.02. The molecule has 0 bridgehead atoms. The number of phenols is 1. The summed E-state index contributed by atoms with van der Waals surface area (Å²) in [5, 5.41) is 9.15. The number of benzene rings is 1. The maximum absolute atomic E-state index is 11.9. The molecule has 0 aliphatic rings. The summed E-state index contributed by atoms with van der Waals surface area (Å²) in [6, 6.07) is 6.34. The minimum Gasteiger partial charge on any atom is -0.508 e. The molecule has 0 radical (unpaired) electrons. The van der Waals surface area contributed by atoms with E-state index >= 15 is 0 Å². The monoisotopic (exact) mass is 235 g/mol. The predicted octanol–water partition coefficient (Wildman–Crippen LogP) is 2.27. The number of carbonyl (C=O) groups excluding carboxylic acids is 1. The van der Waals surface area contributed by atoms with E-state index in [4.69, 9.17) is 10.8 Å². The Morgan fingerprint density at radius 1 is 1.29 bits per heavy atom. The van der Waals surface area contributed by atoms with Crippen LogP contribution in [0.3, 0.4) is 0 Å². The minimum atomic E-state index is -0.459. The van der Waals surface area contributed by atoms with Gasteiger partial charge in [0, 0.05) is 6.42 Å². The largest absolute Gasteiger partial charge is 0.508 e. The summed E-state index contributed by atoms with van der Waals surface area (Å²) in [4.78, 5) is 11.9. The summed E-state index contributed by atoms with van der Waals surface area (Å²) >= 11 is 0. The molecule has 1 atom stereocenters. The number of aromatic hydroxyl groups is 1. The molecule has 1 aromatic rings. The van der Waals surface area contributed by atoms with E-state index in [1.54, 1.807) is 24.3 Å². The van der Waals surface area contributed by atoms with Gasteiger partial charge in [-0.3, -0.25) is 4.79 Å². The Bertz CT molecular complexity index is 376. The Kier molecular flexibility index (Phi) is 4.29. The van der Waals surface area contributed by atoms with E-state index in [0.717, 1.165) is 5.56 Å². The molecule has 0 heterocycles. The van der Waals surface area contributed by atoms with Gasteiger partial charge in [-0.05, 0) is 29.5 Å². The zero-order valence-electron chi connectivity index (χ0n) is 10.7. The molecule has 1 aromatic carbocycles. The summed E-state index contributed by atoms with van der Waals surface area (Å²) in [5.41, 5.74) is 6.83. The van der Waals surface area contributed by atoms with Crippen LogP contribution in [0, 0.1) is 5.41 Å². The second kappa shape index (κ2) is 5.32. The fourth-order valence-electron chi connectivity index (χ4n) is 1.65.